The van der Waals surface area contributed by atoms with Crippen molar-refractivity contribution in [2.75, 3.05) is 20.2 Å². The van der Waals surface area contributed by atoms with Crippen molar-refractivity contribution in [3.8, 4) is 11.8 Å². The van der Waals surface area contributed by atoms with Crippen molar-refractivity contribution in [2.24, 2.45) is 0 Å². The lowest BCUT2D eigenvalue weighted by molar-refractivity contribution is 0.119. The number of sulfonamides is 1. The Balaban J connectivity index is 1.80. The summed E-state index contributed by atoms with van der Waals surface area (Å²) in [4.78, 5) is 8.39. The summed E-state index contributed by atoms with van der Waals surface area (Å²) in [6.07, 6.45) is 4.09. The summed E-state index contributed by atoms with van der Waals surface area (Å²) in [6.45, 7) is 2.42. The van der Waals surface area contributed by atoms with E-state index >= 15 is 0 Å². The zero-order valence-electron chi connectivity index (χ0n) is 14.6. The third-order valence-corrected chi connectivity index (χ3v) is 6.46. The minimum absolute atomic E-state index is 0.225. The van der Waals surface area contributed by atoms with Gasteiger partial charge >= 0.3 is 0 Å². The Hall–Kier alpha value is -1.90. The van der Waals surface area contributed by atoms with E-state index in [1.165, 1.54) is 29.9 Å². The molecule has 1 fully saturated rings. The highest BCUT2D eigenvalue weighted by atomic mass is 35.5. The fraction of sp³-hybridized carbons (Fsp3) is 0.412. The smallest absolute Gasteiger partial charge is 0.278 e. The number of nitrogens with zero attached hydrogens (tertiary/aromatic N) is 3. The average molecular weight is 398 g/mol. The number of aromatic nitrogens is 2. The zero-order valence-corrected chi connectivity index (χ0v) is 16.1. The van der Waals surface area contributed by atoms with Gasteiger partial charge in [-0.05, 0) is 37.5 Å². The SMILES string of the molecule is COc1nccnc1OC1CCCN(S(=O)(=O)c2cc(Cl)ccc2C)C1. The van der Waals surface area contributed by atoms with Crippen LogP contribution in [-0.4, -0.2) is 49.0 Å². The summed E-state index contributed by atoms with van der Waals surface area (Å²) in [7, 11) is -2.17. The zero-order chi connectivity index (χ0) is 18.7. The number of rotatable bonds is 5. The third-order valence-electron chi connectivity index (χ3n) is 4.21. The van der Waals surface area contributed by atoms with E-state index in [1.807, 2.05) is 0 Å². The van der Waals surface area contributed by atoms with Crippen LogP contribution in [0.15, 0.2) is 35.5 Å². The lowest BCUT2D eigenvalue weighted by Crippen LogP contribution is -2.44. The first-order valence-electron chi connectivity index (χ1n) is 8.20. The Labute approximate surface area is 158 Å². The Morgan fingerprint density at radius 3 is 2.69 bits per heavy atom. The van der Waals surface area contributed by atoms with Crippen LogP contribution in [0.25, 0.3) is 0 Å². The van der Waals surface area contributed by atoms with Crippen molar-refractivity contribution in [2.45, 2.75) is 30.8 Å². The monoisotopic (exact) mass is 397 g/mol. The largest absolute Gasteiger partial charge is 0.477 e. The van der Waals surface area contributed by atoms with E-state index in [2.05, 4.69) is 9.97 Å². The number of halogens is 1. The molecule has 0 spiro atoms. The van der Waals surface area contributed by atoms with Gasteiger partial charge in [0.1, 0.15) is 6.10 Å². The van der Waals surface area contributed by atoms with E-state index in [4.69, 9.17) is 21.1 Å². The highest BCUT2D eigenvalue weighted by molar-refractivity contribution is 7.89. The quantitative estimate of drug-likeness (QED) is 0.771. The van der Waals surface area contributed by atoms with Gasteiger partial charge in [-0.25, -0.2) is 18.4 Å². The lowest BCUT2D eigenvalue weighted by Gasteiger charge is -2.32. The molecule has 1 aromatic carbocycles. The molecule has 1 atom stereocenters. The van der Waals surface area contributed by atoms with Gasteiger partial charge in [0.15, 0.2) is 0 Å². The molecule has 0 radical (unpaired) electrons. The van der Waals surface area contributed by atoms with Gasteiger partial charge in [0, 0.05) is 24.0 Å². The summed E-state index contributed by atoms with van der Waals surface area (Å²) < 4.78 is 38.5. The van der Waals surface area contributed by atoms with Crippen LogP contribution in [-0.2, 0) is 10.0 Å². The summed E-state index contributed by atoms with van der Waals surface area (Å²) in [5.74, 6) is 0.538. The van der Waals surface area contributed by atoms with Crippen molar-refractivity contribution in [3.63, 3.8) is 0 Å². The first-order valence-corrected chi connectivity index (χ1v) is 10.0. The van der Waals surface area contributed by atoms with E-state index in [9.17, 15) is 8.42 Å². The van der Waals surface area contributed by atoms with Gasteiger partial charge in [0.25, 0.3) is 11.8 Å². The predicted octanol–water partition coefficient (Wildman–Crippen LogP) is 2.68. The molecule has 0 amide bonds. The molecule has 2 aromatic rings. The summed E-state index contributed by atoms with van der Waals surface area (Å²) in [6, 6.07) is 4.87. The molecule has 1 aromatic heterocycles. The molecule has 7 nitrogen and oxygen atoms in total. The van der Waals surface area contributed by atoms with E-state index in [0.29, 0.717) is 23.6 Å². The van der Waals surface area contributed by atoms with Gasteiger partial charge in [-0.3, -0.25) is 0 Å². The van der Waals surface area contributed by atoms with Crippen LogP contribution in [0.1, 0.15) is 18.4 Å². The van der Waals surface area contributed by atoms with Crippen molar-refractivity contribution in [3.05, 3.63) is 41.2 Å². The molecular weight excluding hydrogens is 378 g/mol. The second-order valence-corrected chi connectivity index (χ2v) is 8.37. The Kier molecular flexibility index (Phi) is 5.64. The fourth-order valence-corrected chi connectivity index (χ4v) is 4.90. The van der Waals surface area contributed by atoms with Gasteiger partial charge in [-0.15, -0.1) is 0 Å². The average Bonchev–Trinajstić information content (AvgIpc) is 2.64. The predicted molar refractivity (Wildman–Crippen MR) is 97.2 cm³/mol. The number of aryl methyl sites for hydroxylation is 1. The van der Waals surface area contributed by atoms with Gasteiger partial charge in [-0.1, -0.05) is 17.7 Å². The van der Waals surface area contributed by atoms with Gasteiger partial charge in [0.2, 0.25) is 10.0 Å². The maximum Gasteiger partial charge on any atom is 0.278 e. The van der Waals surface area contributed by atoms with Crippen LogP contribution >= 0.6 is 11.6 Å². The van der Waals surface area contributed by atoms with Crippen molar-refractivity contribution >= 4 is 21.6 Å². The topological polar surface area (TPSA) is 81.6 Å². The molecule has 1 aliphatic rings. The Morgan fingerprint density at radius 2 is 1.96 bits per heavy atom. The van der Waals surface area contributed by atoms with Gasteiger partial charge in [-0.2, -0.15) is 4.31 Å². The molecule has 1 aliphatic heterocycles. The number of hydrogen-bond acceptors (Lipinski definition) is 6. The van der Waals surface area contributed by atoms with E-state index < -0.39 is 10.0 Å². The first-order chi connectivity index (χ1) is 12.4. The van der Waals surface area contributed by atoms with Crippen LogP contribution in [0.5, 0.6) is 11.8 Å². The fourth-order valence-electron chi connectivity index (χ4n) is 2.90. The molecule has 3 rings (SSSR count). The van der Waals surface area contributed by atoms with Crippen molar-refractivity contribution in [1.82, 2.24) is 14.3 Å². The molecule has 140 valence electrons. The summed E-state index contributed by atoms with van der Waals surface area (Å²) >= 11 is 5.99. The molecule has 2 heterocycles. The second kappa shape index (κ2) is 7.77. The molecule has 9 heteroatoms. The van der Waals surface area contributed by atoms with Crippen molar-refractivity contribution in [1.29, 1.82) is 0 Å². The maximum atomic E-state index is 13.0. The number of benzene rings is 1. The standard InChI is InChI=1S/C17H20ClN3O4S/c1-12-5-6-13(18)10-15(12)26(22,23)21-9-3-4-14(11-21)25-17-16(24-2)19-7-8-20-17/h5-8,10,14H,3-4,9,11H2,1-2H3. The normalized spacial score (nSPS) is 18.5. The van der Waals surface area contributed by atoms with Crippen LogP contribution in [0.3, 0.4) is 0 Å². The van der Waals surface area contributed by atoms with Crippen LogP contribution in [0.2, 0.25) is 5.02 Å². The molecule has 0 saturated carbocycles. The Bertz CT molecular complexity index is 891. The van der Waals surface area contributed by atoms with E-state index in [-0.39, 0.29) is 29.3 Å². The van der Waals surface area contributed by atoms with Crippen LogP contribution in [0.4, 0.5) is 0 Å². The maximum absolute atomic E-state index is 13.0. The number of hydrogen-bond donors (Lipinski definition) is 0. The number of ether oxygens (including phenoxy) is 2. The molecular formula is C17H20ClN3O4S. The number of piperidine rings is 1. The molecule has 0 N–H and O–H groups in total. The molecule has 0 aliphatic carbocycles. The molecule has 0 bridgehead atoms. The highest BCUT2D eigenvalue weighted by Crippen LogP contribution is 2.28. The summed E-state index contributed by atoms with van der Waals surface area (Å²) in [5, 5.41) is 0.392. The van der Waals surface area contributed by atoms with Crippen molar-refractivity contribution < 1.29 is 17.9 Å². The molecule has 26 heavy (non-hydrogen) atoms. The van der Waals surface area contributed by atoms with Gasteiger partial charge < -0.3 is 9.47 Å². The first kappa shape index (κ1) is 18.9. The Morgan fingerprint density at radius 1 is 1.23 bits per heavy atom. The third kappa shape index (κ3) is 3.92. The van der Waals surface area contributed by atoms with Crippen LogP contribution in [0, 0.1) is 6.92 Å². The highest BCUT2D eigenvalue weighted by Gasteiger charge is 2.32. The number of methoxy groups -OCH3 is 1. The minimum atomic E-state index is -3.65. The summed E-state index contributed by atoms with van der Waals surface area (Å²) in [5.41, 5.74) is 0.660. The van der Waals surface area contributed by atoms with Gasteiger partial charge in [0.05, 0.1) is 18.6 Å². The second-order valence-electron chi connectivity index (χ2n) is 6.03. The van der Waals surface area contributed by atoms with E-state index in [1.54, 1.807) is 19.1 Å². The van der Waals surface area contributed by atoms with Crippen LogP contribution < -0.4 is 9.47 Å². The molecule has 1 saturated heterocycles. The molecule has 1 unspecified atom stereocenters. The lowest BCUT2D eigenvalue weighted by atomic mass is 10.1. The minimum Gasteiger partial charge on any atom is -0.477 e. The van der Waals surface area contributed by atoms with E-state index in [0.717, 1.165) is 6.42 Å².